The van der Waals surface area contributed by atoms with Gasteiger partial charge in [0.1, 0.15) is 5.82 Å². The quantitative estimate of drug-likeness (QED) is 0.832. The molecule has 100 valence electrons. The summed E-state index contributed by atoms with van der Waals surface area (Å²) in [4.78, 5) is 6.52. The van der Waals surface area contributed by atoms with Gasteiger partial charge in [-0.05, 0) is 44.0 Å². The number of β-amino-alcohol motifs (C(OH)–C–C–N with tert-alkyl or cyclic N) is 1. The van der Waals surface area contributed by atoms with E-state index in [1.165, 1.54) is 12.8 Å². The molecule has 1 saturated heterocycles. The molecule has 18 heavy (non-hydrogen) atoms. The molecule has 2 heterocycles. The third kappa shape index (κ3) is 4.27. The number of anilines is 1. The number of pyridine rings is 1. The van der Waals surface area contributed by atoms with Gasteiger partial charge < -0.3 is 15.3 Å². The minimum absolute atomic E-state index is 0.333. The van der Waals surface area contributed by atoms with Crippen molar-refractivity contribution in [2.45, 2.75) is 25.9 Å². The number of rotatable bonds is 5. The van der Waals surface area contributed by atoms with Gasteiger partial charge in [-0.3, -0.25) is 0 Å². The molecule has 0 unspecified atom stereocenters. The van der Waals surface area contributed by atoms with E-state index in [0.29, 0.717) is 6.54 Å². The molecule has 0 radical (unpaired) electrons. The van der Waals surface area contributed by atoms with Crippen molar-refractivity contribution in [2.75, 3.05) is 31.5 Å². The summed E-state index contributed by atoms with van der Waals surface area (Å²) < 4.78 is 0. The number of hydrogen-bond acceptors (Lipinski definition) is 4. The summed E-state index contributed by atoms with van der Waals surface area (Å²) in [6.45, 7) is 5.84. The lowest BCUT2D eigenvalue weighted by molar-refractivity contribution is 0.0989. The molecule has 0 spiro atoms. The highest BCUT2D eigenvalue weighted by Crippen LogP contribution is 2.15. The number of piperidine rings is 1. The maximum Gasteiger partial charge on any atom is 0.125 e. The van der Waals surface area contributed by atoms with E-state index in [0.717, 1.165) is 31.4 Å². The molecule has 1 atom stereocenters. The topological polar surface area (TPSA) is 48.4 Å². The lowest BCUT2D eigenvalue weighted by Gasteiger charge is -2.31. The fourth-order valence-corrected chi connectivity index (χ4v) is 2.30. The van der Waals surface area contributed by atoms with Crippen LogP contribution in [0.2, 0.25) is 0 Å². The fourth-order valence-electron chi connectivity index (χ4n) is 2.30. The van der Waals surface area contributed by atoms with Gasteiger partial charge in [-0.2, -0.15) is 0 Å². The molecule has 2 rings (SSSR count). The Morgan fingerprint density at radius 2 is 2.22 bits per heavy atom. The second kappa shape index (κ2) is 6.71. The van der Waals surface area contributed by atoms with Gasteiger partial charge in [0.05, 0.1) is 6.10 Å². The van der Waals surface area contributed by atoms with Crippen LogP contribution in [0.3, 0.4) is 0 Å². The van der Waals surface area contributed by atoms with Crippen molar-refractivity contribution in [3.8, 4) is 0 Å². The normalized spacial score (nSPS) is 19.7. The first-order chi connectivity index (χ1) is 8.74. The van der Waals surface area contributed by atoms with E-state index >= 15 is 0 Å². The maximum atomic E-state index is 10.00. The Hall–Kier alpha value is -1.13. The zero-order valence-corrected chi connectivity index (χ0v) is 11.0. The molecule has 0 aromatic carbocycles. The van der Waals surface area contributed by atoms with Crippen LogP contribution in [0.5, 0.6) is 0 Å². The van der Waals surface area contributed by atoms with Crippen LogP contribution in [0.25, 0.3) is 0 Å². The third-order valence-electron chi connectivity index (χ3n) is 3.53. The minimum atomic E-state index is -0.333. The predicted octanol–water partition coefficient (Wildman–Crippen LogP) is 1.59. The van der Waals surface area contributed by atoms with Crippen molar-refractivity contribution in [2.24, 2.45) is 5.92 Å². The van der Waals surface area contributed by atoms with Gasteiger partial charge in [0, 0.05) is 19.3 Å². The van der Waals surface area contributed by atoms with E-state index < -0.39 is 0 Å². The molecule has 1 aromatic heterocycles. The lowest BCUT2D eigenvalue weighted by atomic mass is 9.99. The number of aromatic nitrogens is 1. The van der Waals surface area contributed by atoms with E-state index in [2.05, 4.69) is 22.1 Å². The number of nitrogens with one attached hydrogen (secondary N) is 1. The smallest absolute Gasteiger partial charge is 0.125 e. The minimum Gasteiger partial charge on any atom is -0.390 e. The van der Waals surface area contributed by atoms with E-state index in [4.69, 9.17) is 0 Å². The third-order valence-corrected chi connectivity index (χ3v) is 3.53. The van der Waals surface area contributed by atoms with Gasteiger partial charge in [-0.25, -0.2) is 4.98 Å². The largest absolute Gasteiger partial charge is 0.390 e. The molecule has 0 amide bonds. The summed E-state index contributed by atoms with van der Waals surface area (Å²) in [7, 11) is 0. The molecule has 2 N–H and O–H groups in total. The van der Waals surface area contributed by atoms with E-state index in [9.17, 15) is 5.11 Å². The number of hydrogen-bond donors (Lipinski definition) is 2. The number of aliphatic hydroxyl groups excluding tert-OH is 1. The highest BCUT2D eigenvalue weighted by molar-refractivity contribution is 5.33. The van der Waals surface area contributed by atoms with Crippen LogP contribution < -0.4 is 5.32 Å². The first-order valence-electron chi connectivity index (χ1n) is 6.79. The van der Waals surface area contributed by atoms with Crippen molar-refractivity contribution in [1.82, 2.24) is 9.88 Å². The molecule has 1 aromatic rings. The summed E-state index contributed by atoms with van der Waals surface area (Å²) in [6.07, 6.45) is 3.92. The fraction of sp³-hybridized carbons (Fsp3) is 0.643. The van der Waals surface area contributed by atoms with Crippen LogP contribution in [0, 0.1) is 5.92 Å². The van der Waals surface area contributed by atoms with Crippen molar-refractivity contribution in [3.63, 3.8) is 0 Å². The summed E-state index contributed by atoms with van der Waals surface area (Å²) in [5, 5.41) is 13.2. The van der Waals surface area contributed by atoms with Gasteiger partial charge in [-0.15, -0.1) is 0 Å². The molecule has 1 aliphatic rings. The molecule has 1 fully saturated rings. The molecule has 1 aliphatic heterocycles. The van der Waals surface area contributed by atoms with E-state index in [1.807, 2.05) is 18.2 Å². The number of likely N-dealkylation sites (tertiary alicyclic amines) is 1. The van der Waals surface area contributed by atoms with Crippen LogP contribution >= 0.6 is 0 Å². The Balaban J connectivity index is 1.67. The molecule has 0 saturated carbocycles. The number of nitrogens with zero attached hydrogens (tertiary/aromatic N) is 2. The summed E-state index contributed by atoms with van der Waals surface area (Å²) in [5.41, 5.74) is 0. The molecular formula is C14H23N3O. The number of aliphatic hydroxyl groups is 1. The van der Waals surface area contributed by atoms with Crippen molar-refractivity contribution < 1.29 is 5.11 Å². The van der Waals surface area contributed by atoms with Gasteiger partial charge in [0.15, 0.2) is 0 Å². The predicted molar refractivity (Wildman–Crippen MR) is 73.6 cm³/mol. The van der Waals surface area contributed by atoms with Crippen LogP contribution in [0.4, 0.5) is 5.82 Å². The van der Waals surface area contributed by atoms with Crippen LogP contribution in [0.15, 0.2) is 24.4 Å². The van der Waals surface area contributed by atoms with Gasteiger partial charge in [0.2, 0.25) is 0 Å². The molecule has 0 bridgehead atoms. The first-order valence-corrected chi connectivity index (χ1v) is 6.79. The Bertz CT molecular complexity index is 336. The highest BCUT2D eigenvalue weighted by atomic mass is 16.3. The van der Waals surface area contributed by atoms with Crippen molar-refractivity contribution >= 4 is 5.82 Å². The molecule has 4 nitrogen and oxygen atoms in total. The van der Waals surface area contributed by atoms with Crippen LogP contribution in [-0.2, 0) is 0 Å². The maximum absolute atomic E-state index is 10.00. The average molecular weight is 249 g/mol. The first kappa shape index (κ1) is 13.3. The highest BCUT2D eigenvalue weighted by Gasteiger charge is 2.18. The Kier molecular flexibility index (Phi) is 4.96. The standard InChI is InChI=1S/C14H23N3O/c1-12-5-8-17(9-6-12)11-13(18)10-16-14-4-2-3-7-15-14/h2-4,7,12-13,18H,5-6,8-11H2,1H3,(H,15,16)/t13-/m0/s1. The van der Waals surface area contributed by atoms with Gasteiger partial charge in [-0.1, -0.05) is 13.0 Å². The Labute approximate surface area is 109 Å². The Morgan fingerprint density at radius 1 is 1.44 bits per heavy atom. The second-order valence-corrected chi connectivity index (χ2v) is 5.23. The molecule has 0 aliphatic carbocycles. The van der Waals surface area contributed by atoms with E-state index in [-0.39, 0.29) is 6.10 Å². The van der Waals surface area contributed by atoms with E-state index in [1.54, 1.807) is 6.20 Å². The summed E-state index contributed by atoms with van der Waals surface area (Å²) >= 11 is 0. The molecule has 4 heteroatoms. The van der Waals surface area contributed by atoms with Gasteiger partial charge >= 0.3 is 0 Å². The zero-order valence-electron chi connectivity index (χ0n) is 11.0. The monoisotopic (exact) mass is 249 g/mol. The lowest BCUT2D eigenvalue weighted by Crippen LogP contribution is -2.40. The van der Waals surface area contributed by atoms with Crippen LogP contribution in [-0.4, -0.2) is 47.3 Å². The zero-order chi connectivity index (χ0) is 12.8. The Morgan fingerprint density at radius 3 is 2.89 bits per heavy atom. The van der Waals surface area contributed by atoms with Gasteiger partial charge in [0.25, 0.3) is 0 Å². The van der Waals surface area contributed by atoms with Crippen molar-refractivity contribution in [1.29, 1.82) is 0 Å². The van der Waals surface area contributed by atoms with Crippen molar-refractivity contribution in [3.05, 3.63) is 24.4 Å². The summed E-state index contributed by atoms with van der Waals surface area (Å²) in [6, 6.07) is 5.74. The average Bonchev–Trinajstić information content (AvgIpc) is 2.40. The molecular weight excluding hydrogens is 226 g/mol. The van der Waals surface area contributed by atoms with Crippen LogP contribution in [0.1, 0.15) is 19.8 Å². The SMILES string of the molecule is CC1CCN(C[C@@H](O)CNc2ccccn2)CC1. The summed E-state index contributed by atoms with van der Waals surface area (Å²) in [5.74, 6) is 1.66. The second-order valence-electron chi connectivity index (χ2n) is 5.23.